The van der Waals surface area contributed by atoms with E-state index in [9.17, 15) is 23.1 Å². The van der Waals surface area contributed by atoms with Gasteiger partial charge in [0.2, 0.25) is 0 Å². The van der Waals surface area contributed by atoms with Crippen molar-refractivity contribution >= 4 is 18.4 Å². The van der Waals surface area contributed by atoms with Crippen LogP contribution in [-0.2, 0) is 17.5 Å². The Labute approximate surface area is 153 Å². The van der Waals surface area contributed by atoms with Crippen molar-refractivity contribution in [2.24, 2.45) is 0 Å². The summed E-state index contributed by atoms with van der Waals surface area (Å²) in [4.78, 5) is 13.1. The molecule has 3 rings (SSSR count). The number of halogens is 4. The van der Waals surface area contributed by atoms with Crippen LogP contribution in [0.1, 0.15) is 30.7 Å². The van der Waals surface area contributed by atoms with E-state index in [-0.39, 0.29) is 19.0 Å². The Hall–Kier alpha value is -2.20. The molecule has 1 aliphatic rings. The predicted molar refractivity (Wildman–Crippen MR) is 87.1 cm³/mol. The minimum Gasteiger partial charge on any atom is -0.480 e. The fraction of sp³-hybridized carbons (Fsp3) is 0.467. The number of carbonyl (C=O) groups is 1. The highest BCUT2D eigenvalue weighted by molar-refractivity contribution is 5.85. The SMILES string of the molecule is Cl.O=C(O)C1CCCCN1Cc1nnnn1-c1ccc(C(F)(F)F)cc1. The average molecular weight is 392 g/mol. The number of alkyl halides is 3. The molecule has 1 aromatic heterocycles. The first-order chi connectivity index (χ1) is 11.9. The second-order valence-corrected chi connectivity index (χ2v) is 5.87. The Balaban J connectivity index is 0.00000243. The monoisotopic (exact) mass is 391 g/mol. The highest BCUT2D eigenvalue weighted by atomic mass is 35.5. The molecule has 0 radical (unpaired) electrons. The van der Waals surface area contributed by atoms with E-state index in [0.29, 0.717) is 24.5 Å². The Morgan fingerprint density at radius 2 is 1.92 bits per heavy atom. The van der Waals surface area contributed by atoms with Gasteiger partial charge in [0, 0.05) is 0 Å². The molecule has 1 saturated heterocycles. The number of tetrazole rings is 1. The lowest BCUT2D eigenvalue weighted by Crippen LogP contribution is -2.44. The number of benzene rings is 1. The molecule has 11 heteroatoms. The van der Waals surface area contributed by atoms with Crippen LogP contribution in [0.25, 0.3) is 5.69 Å². The quantitative estimate of drug-likeness (QED) is 0.862. The zero-order valence-electron chi connectivity index (χ0n) is 13.6. The summed E-state index contributed by atoms with van der Waals surface area (Å²) < 4.78 is 39.3. The van der Waals surface area contributed by atoms with Gasteiger partial charge in [0.1, 0.15) is 6.04 Å². The topological polar surface area (TPSA) is 84.1 Å². The Kier molecular flexibility index (Phi) is 6.19. The van der Waals surface area contributed by atoms with Crippen LogP contribution in [-0.4, -0.2) is 48.8 Å². The van der Waals surface area contributed by atoms with Crippen LogP contribution < -0.4 is 0 Å². The Bertz CT molecular complexity index is 750. The number of hydrogen-bond donors (Lipinski definition) is 1. The van der Waals surface area contributed by atoms with Gasteiger partial charge in [-0.3, -0.25) is 9.69 Å². The molecule has 2 heterocycles. The van der Waals surface area contributed by atoms with Gasteiger partial charge in [0.05, 0.1) is 17.8 Å². The zero-order valence-corrected chi connectivity index (χ0v) is 14.4. The van der Waals surface area contributed by atoms with Crippen molar-refractivity contribution in [2.45, 2.75) is 38.0 Å². The molecule has 0 bridgehead atoms. The van der Waals surface area contributed by atoms with Crippen LogP contribution in [0, 0.1) is 0 Å². The first kappa shape index (κ1) is 20.1. The molecule has 0 amide bonds. The number of carboxylic acid groups (broad SMARTS) is 1. The number of carboxylic acids is 1. The van der Waals surface area contributed by atoms with Crippen molar-refractivity contribution < 1.29 is 23.1 Å². The highest BCUT2D eigenvalue weighted by Crippen LogP contribution is 2.29. The molecule has 26 heavy (non-hydrogen) atoms. The van der Waals surface area contributed by atoms with Crippen molar-refractivity contribution in [3.8, 4) is 5.69 Å². The average Bonchev–Trinajstić information content (AvgIpc) is 3.02. The number of likely N-dealkylation sites (tertiary alicyclic amines) is 1. The summed E-state index contributed by atoms with van der Waals surface area (Å²) in [7, 11) is 0. The van der Waals surface area contributed by atoms with Gasteiger partial charge >= 0.3 is 12.1 Å². The van der Waals surface area contributed by atoms with Gasteiger partial charge in [0.15, 0.2) is 5.82 Å². The van der Waals surface area contributed by atoms with Gasteiger partial charge in [0.25, 0.3) is 0 Å². The van der Waals surface area contributed by atoms with E-state index in [1.54, 1.807) is 4.90 Å². The Morgan fingerprint density at radius 3 is 2.54 bits per heavy atom. The third-order valence-electron chi connectivity index (χ3n) is 4.22. The molecule has 0 saturated carbocycles. The van der Waals surface area contributed by atoms with Crippen LogP contribution in [0.4, 0.5) is 13.2 Å². The number of aromatic nitrogens is 4. The van der Waals surface area contributed by atoms with Gasteiger partial charge in [-0.05, 0) is 54.1 Å². The number of piperidine rings is 1. The van der Waals surface area contributed by atoms with E-state index < -0.39 is 23.8 Å². The maximum Gasteiger partial charge on any atom is 0.416 e. The molecule has 1 aliphatic heterocycles. The maximum absolute atomic E-state index is 12.7. The summed E-state index contributed by atoms with van der Waals surface area (Å²) in [5, 5.41) is 20.6. The predicted octanol–water partition coefficient (Wildman–Crippen LogP) is 2.54. The van der Waals surface area contributed by atoms with Gasteiger partial charge in [-0.25, -0.2) is 0 Å². The lowest BCUT2D eigenvalue weighted by molar-refractivity contribution is -0.145. The van der Waals surface area contributed by atoms with Gasteiger partial charge in [-0.1, -0.05) is 6.42 Å². The number of nitrogens with zero attached hydrogens (tertiary/aromatic N) is 5. The number of hydrogen-bond acceptors (Lipinski definition) is 5. The normalized spacial score (nSPS) is 18.3. The van der Waals surface area contributed by atoms with Crippen LogP contribution in [0.3, 0.4) is 0 Å². The minimum absolute atomic E-state index is 0. The van der Waals surface area contributed by atoms with E-state index in [1.165, 1.54) is 16.8 Å². The standard InChI is InChI=1S/C15H16F3N5O2.ClH/c16-15(17,18)10-4-6-11(7-5-10)23-13(19-20-21-23)9-22-8-2-1-3-12(22)14(24)25;/h4-7,12H,1-3,8-9H2,(H,24,25);1H. The number of rotatable bonds is 4. The van der Waals surface area contributed by atoms with E-state index in [0.717, 1.165) is 25.0 Å². The molecule has 1 unspecified atom stereocenters. The molecule has 0 aliphatic carbocycles. The second kappa shape index (κ2) is 8.00. The molecule has 1 atom stereocenters. The third kappa shape index (κ3) is 4.31. The lowest BCUT2D eigenvalue weighted by Gasteiger charge is -2.32. The first-order valence-electron chi connectivity index (χ1n) is 7.78. The lowest BCUT2D eigenvalue weighted by atomic mass is 10.0. The third-order valence-corrected chi connectivity index (χ3v) is 4.22. The summed E-state index contributed by atoms with van der Waals surface area (Å²) in [5.41, 5.74) is -0.371. The summed E-state index contributed by atoms with van der Waals surface area (Å²) in [6.07, 6.45) is -2.13. The fourth-order valence-corrected chi connectivity index (χ4v) is 2.94. The van der Waals surface area contributed by atoms with E-state index in [2.05, 4.69) is 15.5 Å². The van der Waals surface area contributed by atoms with Crippen molar-refractivity contribution in [1.82, 2.24) is 25.1 Å². The summed E-state index contributed by atoms with van der Waals surface area (Å²) in [5.74, 6) is -0.513. The van der Waals surface area contributed by atoms with Gasteiger partial charge in [-0.2, -0.15) is 17.9 Å². The smallest absolute Gasteiger partial charge is 0.416 e. The first-order valence-corrected chi connectivity index (χ1v) is 7.78. The van der Waals surface area contributed by atoms with Crippen LogP contribution >= 0.6 is 12.4 Å². The summed E-state index contributed by atoms with van der Waals surface area (Å²) in [6.45, 7) is 0.821. The van der Waals surface area contributed by atoms with Gasteiger partial charge < -0.3 is 5.11 Å². The van der Waals surface area contributed by atoms with Crippen molar-refractivity contribution in [3.63, 3.8) is 0 Å². The summed E-state index contributed by atoms with van der Waals surface area (Å²) in [6, 6.07) is 3.89. The van der Waals surface area contributed by atoms with E-state index >= 15 is 0 Å². The second-order valence-electron chi connectivity index (χ2n) is 5.87. The van der Waals surface area contributed by atoms with Crippen molar-refractivity contribution in [3.05, 3.63) is 35.7 Å². The molecule has 142 valence electrons. The molecule has 1 aromatic carbocycles. The molecule has 1 fully saturated rings. The van der Waals surface area contributed by atoms with Crippen LogP contribution in [0.5, 0.6) is 0 Å². The Morgan fingerprint density at radius 1 is 1.23 bits per heavy atom. The summed E-state index contributed by atoms with van der Waals surface area (Å²) >= 11 is 0. The minimum atomic E-state index is -4.41. The van der Waals surface area contributed by atoms with Crippen molar-refractivity contribution in [2.75, 3.05) is 6.54 Å². The number of aliphatic carboxylic acids is 1. The highest BCUT2D eigenvalue weighted by Gasteiger charge is 2.31. The van der Waals surface area contributed by atoms with E-state index in [1.807, 2.05) is 0 Å². The molecule has 7 nitrogen and oxygen atoms in total. The molecular weight excluding hydrogens is 375 g/mol. The molecule has 0 spiro atoms. The maximum atomic E-state index is 12.7. The van der Waals surface area contributed by atoms with Crippen LogP contribution in [0.2, 0.25) is 0 Å². The molecule has 2 aromatic rings. The van der Waals surface area contributed by atoms with E-state index in [4.69, 9.17) is 0 Å². The van der Waals surface area contributed by atoms with Crippen LogP contribution in [0.15, 0.2) is 24.3 Å². The zero-order chi connectivity index (χ0) is 18.0. The fourth-order valence-electron chi connectivity index (χ4n) is 2.94. The van der Waals surface area contributed by atoms with Crippen molar-refractivity contribution in [1.29, 1.82) is 0 Å². The molecule has 1 N–H and O–H groups in total. The van der Waals surface area contributed by atoms with Gasteiger partial charge in [-0.15, -0.1) is 17.5 Å². The largest absolute Gasteiger partial charge is 0.480 e. The molecular formula is C15H17ClF3N5O2.